The van der Waals surface area contributed by atoms with E-state index in [1.165, 1.54) is 11.1 Å². The fourth-order valence-electron chi connectivity index (χ4n) is 1.94. The van der Waals surface area contributed by atoms with Gasteiger partial charge in [0.05, 0.1) is 6.61 Å². The third-order valence-electron chi connectivity index (χ3n) is 2.97. The summed E-state index contributed by atoms with van der Waals surface area (Å²) in [6, 6.07) is 18.7. The molecule has 0 spiro atoms. The van der Waals surface area contributed by atoms with Crippen molar-refractivity contribution in [2.45, 2.75) is 19.6 Å². The maximum absolute atomic E-state index is 5.67. The summed E-state index contributed by atoms with van der Waals surface area (Å²) in [6.07, 6.45) is 1.03. The number of rotatable bonds is 8. The van der Waals surface area contributed by atoms with Crippen LogP contribution in [-0.4, -0.2) is 13.2 Å². The Morgan fingerprint density at radius 2 is 1.75 bits per heavy atom. The second-order valence-electron chi connectivity index (χ2n) is 4.70. The fourth-order valence-corrected chi connectivity index (χ4v) is 2.39. The molecule has 0 aromatic heterocycles. The molecule has 106 valence electrons. The summed E-state index contributed by atoms with van der Waals surface area (Å²) in [4.78, 5) is 0. The highest BCUT2D eigenvalue weighted by molar-refractivity contribution is 9.10. The molecule has 0 radical (unpaired) electrons. The minimum atomic E-state index is 0.679. The van der Waals surface area contributed by atoms with Crippen LogP contribution in [0.5, 0.6) is 0 Å². The standard InChI is InChI=1S/C17H20BrNO/c18-17-9-4-8-16(12-17)14-20-11-5-10-19-13-15-6-2-1-3-7-15/h1-4,6-9,12,19H,5,10-11,13-14H2. The van der Waals surface area contributed by atoms with E-state index in [0.29, 0.717) is 6.61 Å². The molecule has 2 nitrogen and oxygen atoms in total. The molecule has 3 heteroatoms. The van der Waals surface area contributed by atoms with Gasteiger partial charge in [-0.2, -0.15) is 0 Å². The smallest absolute Gasteiger partial charge is 0.0717 e. The quantitative estimate of drug-likeness (QED) is 0.733. The molecule has 0 saturated heterocycles. The zero-order valence-electron chi connectivity index (χ0n) is 11.5. The lowest BCUT2D eigenvalue weighted by molar-refractivity contribution is 0.118. The Bertz CT molecular complexity index is 501. The molecule has 0 bridgehead atoms. The molecule has 2 rings (SSSR count). The monoisotopic (exact) mass is 333 g/mol. The molecular weight excluding hydrogens is 314 g/mol. The van der Waals surface area contributed by atoms with E-state index >= 15 is 0 Å². The van der Waals surface area contributed by atoms with Crippen LogP contribution < -0.4 is 5.32 Å². The summed E-state index contributed by atoms with van der Waals surface area (Å²) in [5, 5.41) is 3.42. The van der Waals surface area contributed by atoms with E-state index in [4.69, 9.17) is 4.74 Å². The molecule has 0 heterocycles. The molecule has 0 saturated carbocycles. The van der Waals surface area contributed by atoms with Gasteiger partial charge in [0.1, 0.15) is 0 Å². The Labute approximate surface area is 129 Å². The first kappa shape index (κ1) is 15.2. The van der Waals surface area contributed by atoms with Crippen molar-refractivity contribution in [3.05, 3.63) is 70.2 Å². The SMILES string of the molecule is Brc1cccc(COCCCNCc2ccccc2)c1. The molecule has 0 aliphatic carbocycles. The van der Waals surface area contributed by atoms with Gasteiger partial charge in [0.2, 0.25) is 0 Å². The van der Waals surface area contributed by atoms with Gasteiger partial charge in [0.25, 0.3) is 0 Å². The van der Waals surface area contributed by atoms with E-state index < -0.39 is 0 Å². The van der Waals surface area contributed by atoms with Crippen molar-refractivity contribution in [3.8, 4) is 0 Å². The van der Waals surface area contributed by atoms with Gasteiger partial charge in [0.15, 0.2) is 0 Å². The van der Waals surface area contributed by atoms with Crippen LogP contribution in [0.2, 0.25) is 0 Å². The molecule has 1 N–H and O–H groups in total. The number of hydrogen-bond acceptors (Lipinski definition) is 2. The van der Waals surface area contributed by atoms with Gasteiger partial charge in [-0.15, -0.1) is 0 Å². The van der Waals surface area contributed by atoms with Crippen molar-refractivity contribution in [3.63, 3.8) is 0 Å². The second kappa shape index (κ2) is 8.90. The van der Waals surface area contributed by atoms with Crippen molar-refractivity contribution in [2.24, 2.45) is 0 Å². The minimum absolute atomic E-state index is 0.679. The van der Waals surface area contributed by atoms with Crippen molar-refractivity contribution in [1.29, 1.82) is 0 Å². The van der Waals surface area contributed by atoms with Crippen LogP contribution >= 0.6 is 15.9 Å². The van der Waals surface area contributed by atoms with Crippen LogP contribution in [0.4, 0.5) is 0 Å². The van der Waals surface area contributed by atoms with Gasteiger partial charge in [-0.1, -0.05) is 58.4 Å². The second-order valence-corrected chi connectivity index (χ2v) is 5.61. The summed E-state index contributed by atoms with van der Waals surface area (Å²) >= 11 is 3.46. The largest absolute Gasteiger partial charge is 0.377 e. The van der Waals surface area contributed by atoms with Crippen LogP contribution in [0.25, 0.3) is 0 Å². The molecule has 20 heavy (non-hydrogen) atoms. The van der Waals surface area contributed by atoms with Gasteiger partial charge in [-0.25, -0.2) is 0 Å². The van der Waals surface area contributed by atoms with Crippen molar-refractivity contribution >= 4 is 15.9 Å². The average molecular weight is 334 g/mol. The lowest BCUT2D eigenvalue weighted by atomic mass is 10.2. The van der Waals surface area contributed by atoms with Gasteiger partial charge in [0, 0.05) is 17.6 Å². The predicted molar refractivity (Wildman–Crippen MR) is 86.6 cm³/mol. The maximum atomic E-state index is 5.67. The highest BCUT2D eigenvalue weighted by atomic mass is 79.9. The zero-order chi connectivity index (χ0) is 14.0. The molecule has 0 amide bonds. The maximum Gasteiger partial charge on any atom is 0.0717 e. The summed E-state index contributed by atoms with van der Waals surface area (Å²) in [7, 11) is 0. The molecule has 2 aromatic carbocycles. The Hall–Kier alpha value is -1.16. The van der Waals surface area contributed by atoms with Crippen molar-refractivity contribution in [1.82, 2.24) is 5.32 Å². The van der Waals surface area contributed by atoms with Crippen LogP contribution in [0.1, 0.15) is 17.5 Å². The van der Waals surface area contributed by atoms with Crippen molar-refractivity contribution in [2.75, 3.05) is 13.2 Å². The molecular formula is C17H20BrNO. The van der Waals surface area contributed by atoms with Crippen LogP contribution in [0.15, 0.2) is 59.1 Å². The van der Waals surface area contributed by atoms with E-state index in [1.807, 2.05) is 18.2 Å². The zero-order valence-corrected chi connectivity index (χ0v) is 13.1. The minimum Gasteiger partial charge on any atom is -0.377 e. The summed E-state index contributed by atoms with van der Waals surface area (Å²) < 4.78 is 6.77. The Kier molecular flexibility index (Phi) is 6.78. The van der Waals surface area contributed by atoms with Crippen LogP contribution in [0, 0.1) is 0 Å². The fraction of sp³-hybridized carbons (Fsp3) is 0.294. The van der Waals surface area contributed by atoms with E-state index in [-0.39, 0.29) is 0 Å². The first-order valence-electron chi connectivity index (χ1n) is 6.91. The van der Waals surface area contributed by atoms with Gasteiger partial charge in [-0.05, 0) is 36.2 Å². The number of halogens is 1. The number of benzene rings is 2. The van der Waals surface area contributed by atoms with E-state index in [2.05, 4.69) is 57.6 Å². The summed E-state index contributed by atoms with van der Waals surface area (Å²) in [5.41, 5.74) is 2.53. The Morgan fingerprint density at radius 3 is 2.55 bits per heavy atom. The first-order chi connectivity index (χ1) is 9.84. The highest BCUT2D eigenvalue weighted by Crippen LogP contribution is 2.12. The molecule has 0 atom stereocenters. The Balaban J connectivity index is 1.52. The average Bonchev–Trinajstić information content (AvgIpc) is 2.47. The van der Waals surface area contributed by atoms with E-state index in [9.17, 15) is 0 Å². The third kappa shape index (κ3) is 5.87. The van der Waals surface area contributed by atoms with E-state index in [1.54, 1.807) is 0 Å². The normalized spacial score (nSPS) is 10.7. The summed E-state index contributed by atoms with van der Waals surface area (Å²) in [5.74, 6) is 0. The highest BCUT2D eigenvalue weighted by Gasteiger charge is 1.95. The number of nitrogens with one attached hydrogen (secondary N) is 1. The predicted octanol–water partition coefficient (Wildman–Crippen LogP) is 4.15. The number of ether oxygens (including phenoxy) is 1. The van der Waals surface area contributed by atoms with Gasteiger partial charge < -0.3 is 10.1 Å². The van der Waals surface area contributed by atoms with Crippen molar-refractivity contribution < 1.29 is 4.74 Å². The summed E-state index contributed by atoms with van der Waals surface area (Å²) in [6.45, 7) is 3.37. The Morgan fingerprint density at radius 1 is 0.950 bits per heavy atom. The van der Waals surface area contributed by atoms with Gasteiger partial charge in [-0.3, -0.25) is 0 Å². The molecule has 2 aromatic rings. The molecule has 0 aliphatic rings. The lowest BCUT2D eigenvalue weighted by Gasteiger charge is -2.06. The number of hydrogen-bond donors (Lipinski definition) is 1. The van der Waals surface area contributed by atoms with Gasteiger partial charge >= 0.3 is 0 Å². The topological polar surface area (TPSA) is 21.3 Å². The first-order valence-corrected chi connectivity index (χ1v) is 7.71. The molecule has 0 unspecified atom stereocenters. The molecule has 0 fully saturated rings. The lowest BCUT2D eigenvalue weighted by Crippen LogP contribution is -2.16. The molecule has 0 aliphatic heterocycles. The van der Waals surface area contributed by atoms with Crippen LogP contribution in [0.3, 0.4) is 0 Å². The van der Waals surface area contributed by atoms with Crippen LogP contribution in [-0.2, 0) is 17.9 Å². The third-order valence-corrected chi connectivity index (χ3v) is 3.47. The van der Waals surface area contributed by atoms with E-state index in [0.717, 1.165) is 30.6 Å².